The zero-order valence-corrected chi connectivity index (χ0v) is 9.81. The third kappa shape index (κ3) is 7.61. The van der Waals surface area contributed by atoms with E-state index in [1.165, 1.54) is 0 Å². The van der Waals surface area contributed by atoms with E-state index in [-0.39, 0.29) is 5.70 Å². The molecule has 18 heavy (non-hydrogen) atoms. The summed E-state index contributed by atoms with van der Waals surface area (Å²) >= 11 is 0. The highest BCUT2D eigenvalue weighted by molar-refractivity contribution is 6.85. The normalized spacial score (nSPS) is 14.7. The van der Waals surface area contributed by atoms with Crippen LogP contribution in [-0.2, 0) is 0 Å². The molecule has 0 saturated heterocycles. The van der Waals surface area contributed by atoms with Crippen molar-refractivity contribution in [3.8, 4) is 0 Å². The minimum Gasteiger partial charge on any atom is -0.172 e. The van der Waals surface area contributed by atoms with Crippen LogP contribution in [0.2, 0.25) is 18.1 Å². The number of hydrogen-bond donors (Lipinski definition) is 0. The first kappa shape index (κ1) is 17.3. The molecule has 0 saturated carbocycles. The summed E-state index contributed by atoms with van der Waals surface area (Å²) in [6.07, 6.45) is -15.3. The number of halogens is 9. The lowest BCUT2D eigenvalue weighted by Gasteiger charge is -2.30. The van der Waals surface area contributed by atoms with E-state index in [0.717, 1.165) is 0 Å². The van der Waals surface area contributed by atoms with Crippen LogP contribution in [0.4, 0.5) is 39.5 Å². The van der Waals surface area contributed by atoms with Gasteiger partial charge in [0.05, 0.1) is 0 Å². The Kier molecular flexibility index (Phi) is 4.94. The molecule has 0 spiro atoms. The molecule has 0 aromatic heterocycles. The third-order valence-corrected chi connectivity index (χ3v) is 6.27. The molecule has 0 N–H and O–H groups in total. The lowest BCUT2D eigenvalue weighted by atomic mass is 10.7. The molecule has 0 bridgehead atoms. The van der Waals surface area contributed by atoms with Crippen molar-refractivity contribution < 1.29 is 39.5 Å². The average molecular weight is 304 g/mol. The quantitative estimate of drug-likeness (QED) is 0.514. The van der Waals surface area contributed by atoms with Crippen molar-refractivity contribution in [2.24, 2.45) is 0 Å². The van der Waals surface area contributed by atoms with Gasteiger partial charge in [-0.25, -0.2) is 0 Å². The first-order valence-corrected chi connectivity index (χ1v) is 7.22. The summed E-state index contributed by atoms with van der Waals surface area (Å²) in [5.41, 5.74) is 0.224. The number of alkyl halides is 9. The van der Waals surface area contributed by atoms with Gasteiger partial charge in [-0.2, -0.15) is 39.5 Å². The Balaban J connectivity index is 5.27. The molecule has 0 nitrogen and oxygen atoms in total. The topological polar surface area (TPSA) is 0 Å². The van der Waals surface area contributed by atoms with Crippen LogP contribution >= 0.6 is 0 Å². The smallest absolute Gasteiger partial charge is 0.172 e. The van der Waals surface area contributed by atoms with Crippen LogP contribution in [0.1, 0.15) is 0 Å². The van der Waals surface area contributed by atoms with Gasteiger partial charge in [-0.05, 0) is 0 Å². The van der Waals surface area contributed by atoms with Crippen LogP contribution < -0.4 is 0 Å². The van der Waals surface area contributed by atoms with Crippen molar-refractivity contribution in [2.75, 3.05) is 0 Å². The molecular weight excluding hydrogens is 295 g/mol. The number of rotatable bonds is 4. The molecule has 0 aliphatic rings. The Morgan fingerprint density at radius 2 is 0.889 bits per heavy atom. The van der Waals surface area contributed by atoms with E-state index in [2.05, 4.69) is 6.58 Å². The molecule has 0 amide bonds. The molecule has 10 heteroatoms. The van der Waals surface area contributed by atoms with Crippen LogP contribution in [0.3, 0.4) is 0 Å². The zero-order valence-electron chi connectivity index (χ0n) is 8.81. The Bertz CT molecular complexity index is 244. The van der Waals surface area contributed by atoms with Gasteiger partial charge < -0.3 is 0 Å². The Morgan fingerprint density at radius 3 is 1.00 bits per heavy atom. The molecule has 0 aliphatic heterocycles. The number of hydrogen-bond acceptors (Lipinski definition) is 0. The van der Waals surface area contributed by atoms with E-state index in [9.17, 15) is 39.5 Å². The first-order valence-electron chi connectivity index (χ1n) is 4.52. The van der Waals surface area contributed by atoms with Crippen molar-refractivity contribution in [1.29, 1.82) is 0 Å². The average Bonchev–Trinajstić information content (AvgIpc) is 1.93. The zero-order chi connectivity index (χ0) is 14.8. The van der Waals surface area contributed by atoms with Crippen molar-refractivity contribution in [3.05, 3.63) is 12.3 Å². The minimum atomic E-state index is -5.09. The Morgan fingerprint density at radius 1 is 0.667 bits per heavy atom. The fraction of sp³-hybridized carbons (Fsp3) is 0.750. The molecule has 0 aliphatic carbocycles. The van der Waals surface area contributed by atoms with Crippen LogP contribution in [0.25, 0.3) is 0 Å². The summed E-state index contributed by atoms with van der Waals surface area (Å²) in [7, 11) is -4.79. The van der Waals surface area contributed by atoms with Crippen LogP contribution in [0.15, 0.2) is 12.3 Å². The van der Waals surface area contributed by atoms with E-state index in [1.807, 2.05) is 0 Å². The highest BCUT2D eigenvalue weighted by atomic mass is 28.3. The summed E-state index contributed by atoms with van der Waals surface area (Å²) in [6, 6.07) is -6.24. The Labute approximate surface area is 97.5 Å². The van der Waals surface area contributed by atoms with Crippen molar-refractivity contribution in [1.82, 2.24) is 0 Å². The van der Waals surface area contributed by atoms with Gasteiger partial charge >= 0.3 is 18.5 Å². The van der Waals surface area contributed by atoms with Gasteiger partial charge in [-0.15, -0.1) is 12.3 Å². The summed E-state index contributed by atoms with van der Waals surface area (Å²) in [5.74, 6) is 0. The largest absolute Gasteiger partial charge is 0.387 e. The molecule has 0 heterocycles. The van der Waals surface area contributed by atoms with Gasteiger partial charge in [0.25, 0.3) is 0 Å². The lowest BCUT2D eigenvalue weighted by molar-refractivity contribution is -0.126. The molecule has 0 fully saturated rings. The molecule has 0 rings (SSSR count). The second-order valence-corrected chi connectivity index (χ2v) is 8.14. The van der Waals surface area contributed by atoms with Crippen LogP contribution in [0.5, 0.6) is 0 Å². The maximum absolute atomic E-state index is 12.1. The maximum atomic E-state index is 12.1. The van der Waals surface area contributed by atoms with Gasteiger partial charge in [0.15, 0.2) is 0 Å². The highest BCUT2D eigenvalue weighted by Crippen LogP contribution is 2.43. The summed E-state index contributed by atoms with van der Waals surface area (Å²) in [4.78, 5) is 0. The minimum absolute atomic E-state index is 0.224. The molecule has 0 atom stereocenters. The lowest BCUT2D eigenvalue weighted by Crippen LogP contribution is -2.44. The monoisotopic (exact) mass is 304 g/mol. The standard InChI is InChI=1S/C8H9F9Si/c1-2-18(3-6(9,10)11,4-7(12,13)14)5-8(15,16)17/h2H,1,3-5H2. The summed E-state index contributed by atoms with van der Waals surface area (Å²) < 4.78 is 109. The molecule has 108 valence electrons. The van der Waals surface area contributed by atoms with Crippen molar-refractivity contribution >= 4 is 8.07 Å². The van der Waals surface area contributed by atoms with Gasteiger partial charge in [-0.1, -0.05) is 0 Å². The van der Waals surface area contributed by atoms with E-state index < -0.39 is 44.7 Å². The SMILES string of the molecule is C=C[Si](CC(F)(F)F)(CC(F)(F)F)CC(F)(F)F. The van der Waals surface area contributed by atoms with E-state index in [1.54, 1.807) is 0 Å². The molecular formula is C8H9F9Si. The van der Waals surface area contributed by atoms with Crippen molar-refractivity contribution in [2.45, 2.75) is 36.7 Å². The van der Waals surface area contributed by atoms with Gasteiger partial charge in [0, 0.05) is 18.1 Å². The van der Waals surface area contributed by atoms with Crippen LogP contribution in [-0.4, -0.2) is 26.6 Å². The Hall–Kier alpha value is -0.673. The fourth-order valence-electron chi connectivity index (χ4n) is 1.60. The summed E-state index contributed by atoms with van der Waals surface area (Å²) in [5, 5.41) is 0. The van der Waals surface area contributed by atoms with E-state index in [0.29, 0.717) is 0 Å². The van der Waals surface area contributed by atoms with Gasteiger partial charge in [0.2, 0.25) is 0 Å². The predicted molar refractivity (Wildman–Crippen MR) is 48.5 cm³/mol. The van der Waals surface area contributed by atoms with Crippen LogP contribution in [0, 0.1) is 0 Å². The molecule has 0 unspecified atom stereocenters. The fourth-order valence-corrected chi connectivity index (χ4v) is 4.80. The van der Waals surface area contributed by atoms with Gasteiger partial charge in [0.1, 0.15) is 8.07 Å². The summed E-state index contributed by atoms with van der Waals surface area (Å²) in [6.45, 7) is 2.75. The predicted octanol–water partition coefficient (Wildman–Crippen LogP) is 4.85. The first-order chi connectivity index (χ1) is 7.68. The highest BCUT2D eigenvalue weighted by Gasteiger charge is 2.53. The second-order valence-electron chi connectivity index (χ2n) is 3.94. The molecule has 0 radical (unpaired) electrons. The molecule has 0 aromatic carbocycles. The van der Waals surface area contributed by atoms with Crippen molar-refractivity contribution in [3.63, 3.8) is 0 Å². The van der Waals surface area contributed by atoms with Gasteiger partial charge in [-0.3, -0.25) is 0 Å². The van der Waals surface area contributed by atoms with E-state index >= 15 is 0 Å². The molecule has 0 aromatic rings. The maximum Gasteiger partial charge on any atom is 0.387 e. The third-order valence-electron chi connectivity index (χ3n) is 2.09. The van der Waals surface area contributed by atoms with E-state index in [4.69, 9.17) is 0 Å². The second kappa shape index (κ2) is 5.14.